The maximum absolute atomic E-state index is 5.65. The molecule has 0 amide bonds. The fourth-order valence-electron chi connectivity index (χ4n) is 1.86. The number of nitrogens with one attached hydrogen (secondary N) is 1. The van der Waals surface area contributed by atoms with Gasteiger partial charge in [-0.3, -0.25) is 0 Å². The van der Waals surface area contributed by atoms with Gasteiger partial charge in [0.15, 0.2) is 0 Å². The molecule has 1 atom stereocenters. The third-order valence-corrected chi connectivity index (χ3v) is 2.66. The van der Waals surface area contributed by atoms with Crippen molar-refractivity contribution in [1.29, 1.82) is 0 Å². The SMILES string of the molecule is Cl.Cl.Cl.NCC1CN(c2ccccc2)CCN1. The summed E-state index contributed by atoms with van der Waals surface area (Å²) in [4.78, 5) is 2.38. The molecule has 1 aromatic carbocycles. The predicted molar refractivity (Wildman–Crippen MR) is 81.2 cm³/mol. The van der Waals surface area contributed by atoms with Crippen LogP contribution in [0.3, 0.4) is 0 Å². The van der Waals surface area contributed by atoms with Crippen LogP contribution in [0.2, 0.25) is 0 Å². The topological polar surface area (TPSA) is 41.3 Å². The van der Waals surface area contributed by atoms with E-state index in [1.807, 2.05) is 6.07 Å². The average molecular weight is 301 g/mol. The van der Waals surface area contributed by atoms with Crippen molar-refractivity contribution in [3.8, 4) is 0 Å². The Labute approximate surface area is 121 Å². The molecule has 1 aromatic rings. The van der Waals surface area contributed by atoms with E-state index in [0.29, 0.717) is 12.6 Å². The Hall–Kier alpha value is -0.190. The Morgan fingerprint density at radius 3 is 2.41 bits per heavy atom. The molecule has 0 saturated carbocycles. The normalized spacial score (nSPS) is 18.4. The standard InChI is InChI=1S/C11H17N3.3ClH/c12-8-10-9-14(7-6-13-10)11-4-2-1-3-5-11;;;/h1-5,10,13H,6-9,12H2;3*1H. The summed E-state index contributed by atoms with van der Waals surface area (Å²) in [6.07, 6.45) is 0. The Kier molecular flexibility index (Phi) is 11.0. The van der Waals surface area contributed by atoms with Gasteiger partial charge in [0.2, 0.25) is 0 Å². The molecule has 2 rings (SSSR count). The van der Waals surface area contributed by atoms with Gasteiger partial charge in [0.25, 0.3) is 0 Å². The number of hydrogen-bond donors (Lipinski definition) is 2. The molecule has 100 valence electrons. The van der Waals surface area contributed by atoms with Crippen LogP contribution in [-0.4, -0.2) is 32.2 Å². The van der Waals surface area contributed by atoms with Crippen LogP contribution in [0.25, 0.3) is 0 Å². The van der Waals surface area contributed by atoms with Crippen molar-refractivity contribution in [2.24, 2.45) is 5.73 Å². The van der Waals surface area contributed by atoms with Crippen LogP contribution in [0.4, 0.5) is 5.69 Å². The zero-order valence-corrected chi connectivity index (χ0v) is 12.0. The fourth-order valence-corrected chi connectivity index (χ4v) is 1.86. The molecule has 1 aliphatic rings. The molecule has 0 spiro atoms. The van der Waals surface area contributed by atoms with Crippen molar-refractivity contribution < 1.29 is 0 Å². The molecule has 3 nitrogen and oxygen atoms in total. The summed E-state index contributed by atoms with van der Waals surface area (Å²) in [5.41, 5.74) is 6.95. The van der Waals surface area contributed by atoms with E-state index in [9.17, 15) is 0 Å². The van der Waals surface area contributed by atoms with Crippen molar-refractivity contribution in [3.05, 3.63) is 30.3 Å². The first-order valence-electron chi connectivity index (χ1n) is 5.13. The molecule has 3 N–H and O–H groups in total. The van der Waals surface area contributed by atoms with Crippen LogP contribution in [0.5, 0.6) is 0 Å². The molecule has 0 radical (unpaired) electrons. The summed E-state index contributed by atoms with van der Waals surface area (Å²) in [5.74, 6) is 0. The summed E-state index contributed by atoms with van der Waals surface area (Å²) < 4.78 is 0. The largest absolute Gasteiger partial charge is 0.369 e. The predicted octanol–water partition coefficient (Wildman–Crippen LogP) is 1.69. The van der Waals surface area contributed by atoms with Crippen LogP contribution in [0.1, 0.15) is 0 Å². The minimum absolute atomic E-state index is 0. The second kappa shape index (κ2) is 9.80. The Bertz CT molecular complexity index is 285. The van der Waals surface area contributed by atoms with Crippen LogP contribution >= 0.6 is 37.2 Å². The first kappa shape index (κ1) is 19.2. The third-order valence-electron chi connectivity index (χ3n) is 2.66. The second-order valence-electron chi connectivity index (χ2n) is 3.67. The lowest BCUT2D eigenvalue weighted by molar-refractivity contribution is 0.463. The minimum atomic E-state index is 0. The molecule has 17 heavy (non-hydrogen) atoms. The monoisotopic (exact) mass is 299 g/mol. The Balaban J connectivity index is 0. The fraction of sp³-hybridized carbons (Fsp3) is 0.455. The van der Waals surface area contributed by atoms with Crippen molar-refractivity contribution in [2.45, 2.75) is 6.04 Å². The van der Waals surface area contributed by atoms with Gasteiger partial charge in [-0.25, -0.2) is 0 Å². The third kappa shape index (κ3) is 5.32. The maximum Gasteiger partial charge on any atom is 0.0367 e. The van der Waals surface area contributed by atoms with Crippen molar-refractivity contribution in [2.75, 3.05) is 31.1 Å². The molecule has 0 bridgehead atoms. The van der Waals surface area contributed by atoms with E-state index < -0.39 is 0 Å². The quantitative estimate of drug-likeness (QED) is 0.873. The molecule has 0 aliphatic carbocycles. The van der Waals surface area contributed by atoms with Gasteiger partial charge in [-0.15, -0.1) is 37.2 Å². The highest BCUT2D eigenvalue weighted by atomic mass is 35.5. The second-order valence-corrected chi connectivity index (χ2v) is 3.67. The van der Waals surface area contributed by atoms with Crippen molar-refractivity contribution in [1.82, 2.24) is 5.32 Å². The Morgan fingerprint density at radius 2 is 1.82 bits per heavy atom. The van der Waals surface area contributed by atoms with Crippen molar-refractivity contribution in [3.63, 3.8) is 0 Å². The number of nitrogens with zero attached hydrogens (tertiary/aromatic N) is 1. The molecular weight excluding hydrogens is 281 g/mol. The first-order valence-corrected chi connectivity index (χ1v) is 5.13. The average Bonchev–Trinajstić information content (AvgIpc) is 2.30. The highest BCUT2D eigenvalue weighted by Gasteiger charge is 2.17. The summed E-state index contributed by atoms with van der Waals surface area (Å²) >= 11 is 0. The molecule has 1 saturated heterocycles. The summed E-state index contributed by atoms with van der Waals surface area (Å²) in [6.45, 7) is 3.82. The summed E-state index contributed by atoms with van der Waals surface area (Å²) in [5, 5.41) is 3.40. The van der Waals surface area contributed by atoms with Gasteiger partial charge in [0, 0.05) is 37.9 Å². The maximum atomic E-state index is 5.65. The lowest BCUT2D eigenvalue weighted by atomic mass is 10.2. The van der Waals surface area contributed by atoms with Gasteiger partial charge in [0.1, 0.15) is 0 Å². The van der Waals surface area contributed by atoms with Crippen LogP contribution in [0.15, 0.2) is 30.3 Å². The number of benzene rings is 1. The van der Waals surface area contributed by atoms with Crippen molar-refractivity contribution >= 4 is 42.9 Å². The Morgan fingerprint density at radius 1 is 1.18 bits per heavy atom. The van der Waals surface area contributed by atoms with Gasteiger partial charge >= 0.3 is 0 Å². The van der Waals surface area contributed by atoms with Crippen LogP contribution in [-0.2, 0) is 0 Å². The number of anilines is 1. The van der Waals surface area contributed by atoms with E-state index in [1.165, 1.54) is 5.69 Å². The lowest BCUT2D eigenvalue weighted by Gasteiger charge is -2.34. The van der Waals surface area contributed by atoms with Gasteiger partial charge in [-0.2, -0.15) is 0 Å². The highest BCUT2D eigenvalue weighted by Crippen LogP contribution is 2.14. The van der Waals surface area contributed by atoms with Crippen LogP contribution in [0, 0.1) is 0 Å². The van der Waals surface area contributed by atoms with E-state index in [1.54, 1.807) is 0 Å². The van der Waals surface area contributed by atoms with E-state index in [0.717, 1.165) is 19.6 Å². The number of rotatable bonds is 2. The summed E-state index contributed by atoms with van der Waals surface area (Å²) in [6, 6.07) is 10.9. The zero-order chi connectivity index (χ0) is 9.80. The molecule has 6 heteroatoms. The number of nitrogens with two attached hydrogens (primary N) is 1. The van der Waals surface area contributed by atoms with Gasteiger partial charge < -0.3 is 16.0 Å². The number of hydrogen-bond acceptors (Lipinski definition) is 3. The molecule has 1 aliphatic heterocycles. The number of halogens is 3. The van der Waals surface area contributed by atoms with Gasteiger partial charge in [-0.05, 0) is 12.1 Å². The minimum Gasteiger partial charge on any atom is -0.369 e. The van der Waals surface area contributed by atoms with E-state index in [-0.39, 0.29) is 37.2 Å². The smallest absolute Gasteiger partial charge is 0.0367 e. The molecule has 0 aromatic heterocycles. The molecular formula is C11H20Cl3N3. The van der Waals surface area contributed by atoms with E-state index >= 15 is 0 Å². The molecule has 1 unspecified atom stereocenters. The van der Waals surface area contributed by atoms with Crippen LogP contribution < -0.4 is 16.0 Å². The lowest BCUT2D eigenvalue weighted by Crippen LogP contribution is -2.53. The van der Waals surface area contributed by atoms with Gasteiger partial charge in [0.05, 0.1) is 0 Å². The molecule has 1 heterocycles. The van der Waals surface area contributed by atoms with Gasteiger partial charge in [-0.1, -0.05) is 18.2 Å². The highest BCUT2D eigenvalue weighted by molar-refractivity contribution is 5.86. The summed E-state index contributed by atoms with van der Waals surface area (Å²) in [7, 11) is 0. The number of para-hydroxylation sites is 1. The zero-order valence-electron chi connectivity index (χ0n) is 9.54. The first-order chi connectivity index (χ1) is 6.90. The van der Waals surface area contributed by atoms with E-state index in [2.05, 4.69) is 34.5 Å². The van der Waals surface area contributed by atoms with E-state index in [4.69, 9.17) is 5.73 Å². The molecule has 1 fully saturated rings. The number of piperazine rings is 1.